The fourth-order valence-electron chi connectivity index (χ4n) is 1.13. The Morgan fingerprint density at radius 1 is 1.53 bits per heavy atom. The summed E-state index contributed by atoms with van der Waals surface area (Å²) in [6, 6.07) is 2.31. The van der Waals surface area contributed by atoms with Gasteiger partial charge in [-0.1, -0.05) is 25.4 Å². The van der Waals surface area contributed by atoms with Crippen molar-refractivity contribution in [2.45, 2.75) is 33.4 Å². The number of rotatable bonds is 5. The lowest BCUT2D eigenvalue weighted by molar-refractivity contribution is 0.326. The zero-order valence-corrected chi connectivity index (χ0v) is 10.1. The predicted molar refractivity (Wildman–Crippen MR) is 62.4 cm³/mol. The summed E-state index contributed by atoms with van der Waals surface area (Å²) in [7, 11) is 0. The highest BCUT2D eigenvalue weighted by molar-refractivity contribution is 6.31. The Balaban J connectivity index is 2.71. The lowest BCUT2D eigenvalue weighted by Gasteiger charge is -2.10. The van der Waals surface area contributed by atoms with E-state index in [1.165, 1.54) is 0 Å². The second-order valence-corrected chi connectivity index (χ2v) is 3.99. The number of hydrogen-bond acceptors (Lipinski definition) is 3. The zero-order valence-electron chi connectivity index (χ0n) is 9.38. The van der Waals surface area contributed by atoms with Gasteiger partial charge in [-0.15, -0.1) is 0 Å². The largest absolute Gasteiger partial charge is 0.478 e. The second-order valence-electron chi connectivity index (χ2n) is 3.58. The summed E-state index contributed by atoms with van der Waals surface area (Å²) in [5.41, 5.74) is 1.02. The zero-order chi connectivity index (χ0) is 11.3. The van der Waals surface area contributed by atoms with Crippen molar-refractivity contribution in [3.63, 3.8) is 0 Å². The molecule has 0 aliphatic rings. The van der Waals surface area contributed by atoms with Gasteiger partial charge in [0, 0.05) is 24.8 Å². The highest BCUT2D eigenvalue weighted by atomic mass is 35.5. The highest BCUT2D eigenvalue weighted by Gasteiger charge is 2.04. The number of hydrogen-bond donors (Lipinski definition) is 1. The van der Waals surface area contributed by atoms with Crippen molar-refractivity contribution in [1.29, 1.82) is 0 Å². The SMILES string of the molecule is CCOc1cc(CNC(C)C)c(Cl)cn1. The number of aromatic nitrogens is 1. The normalized spacial score (nSPS) is 10.7. The van der Waals surface area contributed by atoms with Gasteiger partial charge in [0.15, 0.2) is 0 Å². The average molecular weight is 229 g/mol. The van der Waals surface area contributed by atoms with Crippen LogP contribution < -0.4 is 10.1 Å². The lowest BCUT2D eigenvalue weighted by Crippen LogP contribution is -2.22. The molecule has 1 N–H and O–H groups in total. The Morgan fingerprint density at radius 2 is 2.27 bits per heavy atom. The van der Waals surface area contributed by atoms with Gasteiger partial charge in [0.25, 0.3) is 0 Å². The Morgan fingerprint density at radius 3 is 2.87 bits per heavy atom. The molecule has 0 fully saturated rings. The molecule has 0 atom stereocenters. The van der Waals surface area contributed by atoms with Crippen LogP contribution in [0, 0.1) is 0 Å². The standard InChI is InChI=1S/C11H17ClN2O/c1-4-15-11-5-9(6-13-8(2)3)10(12)7-14-11/h5,7-8,13H,4,6H2,1-3H3. The summed E-state index contributed by atoms with van der Waals surface area (Å²) in [5.74, 6) is 0.627. The van der Waals surface area contributed by atoms with Gasteiger partial charge in [-0.25, -0.2) is 4.98 Å². The molecule has 1 heterocycles. The van der Waals surface area contributed by atoms with E-state index in [-0.39, 0.29) is 0 Å². The van der Waals surface area contributed by atoms with Crippen molar-refractivity contribution in [3.8, 4) is 5.88 Å². The Bertz CT molecular complexity index is 315. The molecule has 1 rings (SSSR count). The monoisotopic (exact) mass is 228 g/mol. The van der Waals surface area contributed by atoms with Crippen LogP contribution in [0.1, 0.15) is 26.3 Å². The van der Waals surface area contributed by atoms with Gasteiger partial charge in [-0.3, -0.25) is 0 Å². The number of nitrogens with zero attached hydrogens (tertiary/aromatic N) is 1. The van der Waals surface area contributed by atoms with E-state index >= 15 is 0 Å². The summed E-state index contributed by atoms with van der Waals surface area (Å²) < 4.78 is 5.31. The van der Waals surface area contributed by atoms with E-state index in [1.807, 2.05) is 13.0 Å². The van der Waals surface area contributed by atoms with E-state index < -0.39 is 0 Å². The molecule has 0 unspecified atom stereocenters. The Hall–Kier alpha value is -0.800. The smallest absolute Gasteiger partial charge is 0.213 e. The minimum Gasteiger partial charge on any atom is -0.478 e. The third-order valence-corrected chi connectivity index (χ3v) is 2.24. The maximum atomic E-state index is 6.02. The van der Waals surface area contributed by atoms with Crippen LogP contribution in [0.2, 0.25) is 5.02 Å². The van der Waals surface area contributed by atoms with E-state index in [4.69, 9.17) is 16.3 Å². The van der Waals surface area contributed by atoms with Crippen LogP contribution in [-0.2, 0) is 6.54 Å². The number of ether oxygens (including phenoxy) is 1. The van der Waals surface area contributed by atoms with Crippen LogP contribution in [0.25, 0.3) is 0 Å². The fraction of sp³-hybridized carbons (Fsp3) is 0.545. The van der Waals surface area contributed by atoms with Gasteiger partial charge in [-0.05, 0) is 12.5 Å². The van der Waals surface area contributed by atoms with E-state index in [0.717, 1.165) is 12.1 Å². The van der Waals surface area contributed by atoms with Crippen LogP contribution in [0.4, 0.5) is 0 Å². The fourth-order valence-corrected chi connectivity index (χ4v) is 1.30. The molecule has 0 aliphatic carbocycles. The molecule has 0 saturated carbocycles. The van der Waals surface area contributed by atoms with Crippen LogP contribution in [-0.4, -0.2) is 17.6 Å². The summed E-state index contributed by atoms with van der Waals surface area (Å²) in [6.07, 6.45) is 1.63. The lowest BCUT2D eigenvalue weighted by atomic mass is 10.2. The van der Waals surface area contributed by atoms with Gasteiger partial charge < -0.3 is 10.1 Å². The van der Waals surface area contributed by atoms with E-state index in [9.17, 15) is 0 Å². The summed E-state index contributed by atoms with van der Waals surface area (Å²) in [5, 5.41) is 3.98. The van der Waals surface area contributed by atoms with Crippen molar-refractivity contribution in [2.24, 2.45) is 0 Å². The van der Waals surface area contributed by atoms with Crippen LogP contribution in [0.3, 0.4) is 0 Å². The maximum Gasteiger partial charge on any atom is 0.213 e. The van der Waals surface area contributed by atoms with Crippen LogP contribution in [0.15, 0.2) is 12.3 Å². The third-order valence-electron chi connectivity index (χ3n) is 1.90. The molecular formula is C11H17ClN2O. The van der Waals surface area contributed by atoms with Gasteiger partial charge >= 0.3 is 0 Å². The molecule has 3 nitrogen and oxygen atoms in total. The molecule has 0 aromatic carbocycles. The molecule has 1 aromatic heterocycles. The summed E-state index contributed by atoms with van der Waals surface area (Å²) in [6.45, 7) is 7.48. The molecule has 84 valence electrons. The number of nitrogens with one attached hydrogen (secondary N) is 1. The molecule has 0 bridgehead atoms. The van der Waals surface area contributed by atoms with Crippen molar-refractivity contribution in [1.82, 2.24) is 10.3 Å². The number of pyridine rings is 1. The van der Waals surface area contributed by atoms with Crippen molar-refractivity contribution in [2.75, 3.05) is 6.61 Å². The molecule has 1 aromatic rings. The molecule has 0 amide bonds. The van der Waals surface area contributed by atoms with Gasteiger partial charge in [0.1, 0.15) is 0 Å². The molecule has 0 aliphatic heterocycles. The molecule has 4 heteroatoms. The van der Waals surface area contributed by atoms with Gasteiger partial charge in [-0.2, -0.15) is 0 Å². The van der Waals surface area contributed by atoms with Crippen molar-refractivity contribution >= 4 is 11.6 Å². The number of halogens is 1. The highest BCUT2D eigenvalue weighted by Crippen LogP contribution is 2.19. The first kappa shape index (κ1) is 12.3. The molecule has 15 heavy (non-hydrogen) atoms. The molecule has 0 spiro atoms. The van der Waals surface area contributed by atoms with Crippen LogP contribution >= 0.6 is 11.6 Å². The van der Waals surface area contributed by atoms with Crippen molar-refractivity contribution < 1.29 is 4.74 Å². The summed E-state index contributed by atoms with van der Waals surface area (Å²) in [4.78, 5) is 4.07. The Kier molecular flexibility index (Phi) is 4.85. The van der Waals surface area contributed by atoms with Crippen LogP contribution in [0.5, 0.6) is 5.88 Å². The van der Waals surface area contributed by atoms with E-state index in [1.54, 1.807) is 6.20 Å². The topological polar surface area (TPSA) is 34.1 Å². The maximum absolute atomic E-state index is 6.02. The quantitative estimate of drug-likeness (QED) is 0.842. The first-order valence-corrected chi connectivity index (χ1v) is 5.52. The van der Waals surface area contributed by atoms with Gasteiger partial charge in [0.2, 0.25) is 5.88 Å². The second kappa shape index (κ2) is 5.93. The average Bonchev–Trinajstić information content (AvgIpc) is 2.19. The minimum absolute atomic E-state index is 0.435. The first-order valence-electron chi connectivity index (χ1n) is 5.14. The molecular weight excluding hydrogens is 212 g/mol. The van der Waals surface area contributed by atoms with Gasteiger partial charge in [0.05, 0.1) is 11.6 Å². The predicted octanol–water partition coefficient (Wildman–Crippen LogP) is 2.63. The molecule has 0 saturated heterocycles. The van der Waals surface area contributed by atoms with E-state index in [0.29, 0.717) is 23.6 Å². The first-order chi connectivity index (χ1) is 7.13. The summed E-state index contributed by atoms with van der Waals surface area (Å²) >= 11 is 6.02. The minimum atomic E-state index is 0.435. The third kappa shape index (κ3) is 4.06. The molecule has 0 radical (unpaired) electrons. The van der Waals surface area contributed by atoms with Crippen molar-refractivity contribution in [3.05, 3.63) is 22.8 Å². The Labute approximate surface area is 95.8 Å². The van der Waals surface area contributed by atoms with E-state index in [2.05, 4.69) is 24.1 Å².